The molecule has 1 saturated heterocycles. The van der Waals surface area contributed by atoms with E-state index in [1.54, 1.807) is 0 Å². The summed E-state index contributed by atoms with van der Waals surface area (Å²) in [6.07, 6.45) is 5.93. The third kappa shape index (κ3) is 3.15. The van der Waals surface area contributed by atoms with E-state index in [9.17, 15) is 9.90 Å². The number of hydrogen-bond donors (Lipinski definition) is 1. The van der Waals surface area contributed by atoms with Crippen LogP contribution in [0.25, 0.3) is 0 Å². The Kier molecular flexibility index (Phi) is 4.52. The topological polar surface area (TPSA) is 49.8 Å². The van der Waals surface area contributed by atoms with Gasteiger partial charge in [-0.15, -0.1) is 0 Å². The van der Waals surface area contributed by atoms with E-state index in [2.05, 4.69) is 35.2 Å². The van der Waals surface area contributed by atoms with Crippen molar-refractivity contribution in [1.82, 2.24) is 4.90 Å². The molecule has 162 valence electrons. The van der Waals surface area contributed by atoms with Crippen LogP contribution in [0.3, 0.4) is 0 Å². The van der Waals surface area contributed by atoms with E-state index in [-0.39, 0.29) is 6.04 Å². The molecule has 1 heterocycles. The van der Waals surface area contributed by atoms with Crippen molar-refractivity contribution in [2.75, 3.05) is 13.1 Å². The zero-order valence-corrected chi connectivity index (χ0v) is 18.1. The van der Waals surface area contributed by atoms with Crippen LogP contribution in [0.15, 0.2) is 48.5 Å². The Hall–Kier alpha value is -2.17. The van der Waals surface area contributed by atoms with Crippen molar-refractivity contribution in [3.8, 4) is 5.75 Å². The second-order valence-electron chi connectivity index (χ2n) is 10.2. The second kappa shape index (κ2) is 7.18. The fraction of sp³-hybridized carbons (Fsp3) is 0.519. The number of nitrogens with zero attached hydrogens (tertiary/aromatic N) is 1. The number of benzene rings is 2. The Balaban J connectivity index is 1.36. The molecule has 6 rings (SSSR count). The van der Waals surface area contributed by atoms with E-state index in [1.807, 2.05) is 18.2 Å². The van der Waals surface area contributed by atoms with E-state index in [0.717, 1.165) is 48.7 Å². The average molecular weight is 418 g/mol. The smallest absolute Gasteiger partial charge is 0.134 e. The Bertz CT molecular complexity index is 1000. The van der Waals surface area contributed by atoms with E-state index in [0.29, 0.717) is 31.7 Å². The summed E-state index contributed by atoms with van der Waals surface area (Å²) in [7, 11) is 0. The van der Waals surface area contributed by atoms with Gasteiger partial charge in [-0.1, -0.05) is 36.4 Å². The molecule has 0 spiro atoms. The molecule has 1 aliphatic heterocycles. The van der Waals surface area contributed by atoms with E-state index in [1.165, 1.54) is 18.4 Å². The molecule has 3 atom stereocenters. The van der Waals surface area contributed by atoms with Gasteiger partial charge in [0.15, 0.2) is 0 Å². The number of ketones is 1. The van der Waals surface area contributed by atoms with Crippen molar-refractivity contribution in [3.05, 3.63) is 65.2 Å². The lowest BCUT2D eigenvalue weighted by Crippen LogP contribution is -2.73. The predicted molar refractivity (Wildman–Crippen MR) is 119 cm³/mol. The minimum Gasteiger partial charge on any atom is -0.489 e. The molecule has 2 aromatic rings. The Morgan fingerprint density at radius 3 is 2.74 bits per heavy atom. The number of likely N-dealkylation sites (tertiary alicyclic amines) is 1. The highest BCUT2D eigenvalue weighted by Gasteiger charge is 2.64. The minimum atomic E-state index is -0.820. The van der Waals surface area contributed by atoms with Gasteiger partial charge >= 0.3 is 0 Å². The average Bonchev–Trinajstić information content (AvgIpc) is 3.60. The second-order valence-corrected chi connectivity index (χ2v) is 10.2. The monoisotopic (exact) mass is 417 g/mol. The maximum absolute atomic E-state index is 12.7. The van der Waals surface area contributed by atoms with Crippen LogP contribution in [-0.2, 0) is 23.2 Å². The summed E-state index contributed by atoms with van der Waals surface area (Å²) < 4.78 is 6.14. The van der Waals surface area contributed by atoms with E-state index >= 15 is 0 Å². The van der Waals surface area contributed by atoms with Gasteiger partial charge in [-0.05, 0) is 73.4 Å². The SMILES string of the molecule is O=C1CC[C@]2(O)C3Cc4ccc(OCc5ccccc5)cc4[C@]2(CCN3CC2CC2)C1. The highest BCUT2D eigenvalue weighted by Crippen LogP contribution is 2.58. The molecule has 3 aliphatic carbocycles. The molecule has 3 fully saturated rings. The molecule has 1 N–H and O–H groups in total. The van der Waals surface area contributed by atoms with Gasteiger partial charge in [0.05, 0.1) is 5.60 Å². The number of rotatable bonds is 5. The van der Waals surface area contributed by atoms with Gasteiger partial charge in [-0.3, -0.25) is 9.69 Å². The molecule has 1 unspecified atom stereocenters. The first-order chi connectivity index (χ1) is 15.1. The summed E-state index contributed by atoms with van der Waals surface area (Å²) in [5, 5.41) is 12.2. The Morgan fingerprint density at radius 2 is 1.94 bits per heavy atom. The van der Waals surface area contributed by atoms with Gasteiger partial charge < -0.3 is 9.84 Å². The summed E-state index contributed by atoms with van der Waals surface area (Å²) in [5.41, 5.74) is 2.30. The first kappa shape index (κ1) is 19.5. The maximum atomic E-state index is 12.7. The van der Waals surface area contributed by atoms with Crippen molar-refractivity contribution in [2.45, 2.75) is 68.6 Å². The molecule has 2 bridgehead atoms. The van der Waals surface area contributed by atoms with Crippen LogP contribution in [0.2, 0.25) is 0 Å². The first-order valence-electron chi connectivity index (χ1n) is 11.9. The number of Topliss-reactive ketones (excluding diaryl/α,β-unsaturated/α-hetero) is 1. The molecule has 31 heavy (non-hydrogen) atoms. The fourth-order valence-electron chi connectivity index (χ4n) is 6.56. The van der Waals surface area contributed by atoms with Crippen LogP contribution >= 0.6 is 0 Å². The Morgan fingerprint density at radius 1 is 1.10 bits per heavy atom. The number of fused-ring (bicyclic) bond motifs is 1. The van der Waals surface area contributed by atoms with Crippen molar-refractivity contribution >= 4 is 5.78 Å². The summed E-state index contributed by atoms with van der Waals surface area (Å²) in [4.78, 5) is 15.2. The number of carbonyl (C=O) groups is 1. The van der Waals surface area contributed by atoms with Crippen molar-refractivity contribution in [3.63, 3.8) is 0 Å². The first-order valence-corrected chi connectivity index (χ1v) is 11.9. The van der Waals surface area contributed by atoms with E-state index in [4.69, 9.17) is 4.74 Å². The van der Waals surface area contributed by atoms with Gasteiger partial charge in [-0.2, -0.15) is 0 Å². The van der Waals surface area contributed by atoms with Crippen molar-refractivity contribution in [2.24, 2.45) is 5.92 Å². The van der Waals surface area contributed by atoms with Crippen LogP contribution in [0.5, 0.6) is 5.75 Å². The summed E-state index contributed by atoms with van der Waals surface area (Å²) in [6.45, 7) is 2.60. The van der Waals surface area contributed by atoms with Crippen molar-refractivity contribution < 1.29 is 14.6 Å². The lowest BCUT2D eigenvalue weighted by atomic mass is 9.49. The largest absolute Gasteiger partial charge is 0.489 e. The van der Waals surface area contributed by atoms with Gasteiger partial charge in [-0.25, -0.2) is 0 Å². The van der Waals surface area contributed by atoms with Crippen LogP contribution in [-0.4, -0.2) is 40.5 Å². The normalized spacial score (nSPS) is 32.3. The van der Waals surface area contributed by atoms with Crippen LogP contribution in [0.4, 0.5) is 0 Å². The molecule has 4 nitrogen and oxygen atoms in total. The molecule has 0 aromatic heterocycles. The van der Waals surface area contributed by atoms with Gasteiger partial charge in [0.2, 0.25) is 0 Å². The number of aliphatic hydroxyl groups is 1. The van der Waals surface area contributed by atoms with Crippen LogP contribution in [0, 0.1) is 5.92 Å². The number of hydrogen-bond acceptors (Lipinski definition) is 4. The van der Waals surface area contributed by atoms with Crippen molar-refractivity contribution in [1.29, 1.82) is 0 Å². The maximum Gasteiger partial charge on any atom is 0.134 e. The predicted octanol–water partition coefficient (Wildman–Crippen LogP) is 4.03. The third-order valence-electron chi connectivity index (χ3n) is 8.38. The zero-order chi connectivity index (χ0) is 21.1. The highest BCUT2D eigenvalue weighted by molar-refractivity contribution is 5.82. The third-order valence-corrected chi connectivity index (χ3v) is 8.38. The van der Waals surface area contributed by atoms with E-state index < -0.39 is 11.0 Å². The molecular weight excluding hydrogens is 386 g/mol. The minimum absolute atomic E-state index is 0.124. The molecule has 2 saturated carbocycles. The zero-order valence-electron chi connectivity index (χ0n) is 18.1. The lowest BCUT2D eigenvalue weighted by Gasteiger charge is -2.63. The highest BCUT2D eigenvalue weighted by atomic mass is 16.5. The number of ether oxygens (including phenoxy) is 1. The standard InChI is InChI=1S/C27H31NO3/c29-22-10-11-27(30)25-14-21-8-9-23(31-18-20-4-2-1-3-5-20)15-24(21)26(27,16-22)12-13-28(25)17-19-6-7-19/h1-5,8-9,15,19,25,30H,6-7,10-14,16-18H2/t25?,26-,27-/m0/s1. The molecule has 0 radical (unpaired) electrons. The van der Waals surface area contributed by atoms with Crippen LogP contribution < -0.4 is 4.74 Å². The fourth-order valence-corrected chi connectivity index (χ4v) is 6.56. The summed E-state index contributed by atoms with van der Waals surface area (Å²) in [5.74, 6) is 1.93. The molecule has 2 aromatic carbocycles. The number of carbonyl (C=O) groups excluding carboxylic acids is 1. The number of piperidine rings is 1. The van der Waals surface area contributed by atoms with Gasteiger partial charge in [0.25, 0.3) is 0 Å². The van der Waals surface area contributed by atoms with Gasteiger partial charge in [0, 0.05) is 30.8 Å². The summed E-state index contributed by atoms with van der Waals surface area (Å²) >= 11 is 0. The lowest BCUT2D eigenvalue weighted by molar-refractivity contribution is -0.173. The van der Waals surface area contributed by atoms with Crippen LogP contribution in [0.1, 0.15) is 55.2 Å². The molecular formula is C27H31NO3. The van der Waals surface area contributed by atoms with Gasteiger partial charge in [0.1, 0.15) is 18.1 Å². The molecule has 4 heteroatoms. The Labute approximate surface area is 184 Å². The quantitative estimate of drug-likeness (QED) is 0.798. The molecule has 4 aliphatic rings. The summed E-state index contributed by atoms with van der Waals surface area (Å²) in [6, 6.07) is 16.7. The molecule has 0 amide bonds.